The van der Waals surface area contributed by atoms with Gasteiger partial charge < -0.3 is 5.32 Å². The summed E-state index contributed by atoms with van der Waals surface area (Å²) in [6, 6.07) is 0.469. The fourth-order valence-electron chi connectivity index (χ4n) is 2.15. The molecule has 0 radical (unpaired) electrons. The number of carbonyl (C=O) groups is 1. The van der Waals surface area contributed by atoms with Gasteiger partial charge in [-0.15, -0.1) is 0 Å². The molecule has 0 saturated carbocycles. The number of aromatic nitrogens is 3. The first-order chi connectivity index (χ1) is 7.81. The molecule has 0 aliphatic carbocycles. The summed E-state index contributed by atoms with van der Waals surface area (Å²) in [6.07, 6.45) is 3.71. The normalized spacial score (nSPS) is 21.2. The van der Waals surface area contributed by atoms with Crippen LogP contribution in [0.4, 0.5) is 0 Å². The first kappa shape index (κ1) is 11.1. The van der Waals surface area contributed by atoms with Gasteiger partial charge in [0.1, 0.15) is 6.33 Å². The summed E-state index contributed by atoms with van der Waals surface area (Å²) in [4.78, 5) is 17.8. The lowest BCUT2D eigenvalue weighted by atomic mass is 10.2. The Labute approximate surface area is 94.4 Å². The van der Waals surface area contributed by atoms with Gasteiger partial charge in [-0.1, -0.05) is 6.92 Å². The fourth-order valence-corrected chi connectivity index (χ4v) is 2.15. The van der Waals surface area contributed by atoms with E-state index < -0.39 is 0 Å². The molecular weight excluding hydrogens is 206 g/mol. The Morgan fingerprint density at radius 2 is 2.62 bits per heavy atom. The highest BCUT2D eigenvalue weighted by molar-refractivity contribution is 5.90. The van der Waals surface area contributed by atoms with E-state index in [9.17, 15) is 4.79 Å². The minimum atomic E-state index is -0.180. The predicted octanol–water partition coefficient (Wildman–Crippen LogP) is 0.0188. The molecule has 0 aromatic carbocycles. The molecule has 1 fully saturated rings. The highest BCUT2D eigenvalue weighted by Crippen LogP contribution is 2.15. The van der Waals surface area contributed by atoms with Crippen molar-refractivity contribution < 1.29 is 4.79 Å². The molecule has 1 unspecified atom stereocenters. The van der Waals surface area contributed by atoms with Crippen molar-refractivity contribution in [2.75, 3.05) is 19.6 Å². The molecule has 1 aromatic heterocycles. The molecule has 6 heteroatoms. The average Bonchev–Trinajstić information content (AvgIpc) is 2.96. The van der Waals surface area contributed by atoms with E-state index in [-0.39, 0.29) is 11.7 Å². The predicted molar refractivity (Wildman–Crippen MR) is 59.0 cm³/mol. The molecule has 1 aromatic rings. The highest BCUT2D eigenvalue weighted by atomic mass is 16.2. The standard InChI is InChI=1S/C10H17N5O/c1-2-15-5-3-4-8(15)6-11-10(16)9-12-7-13-14-9/h7-8H,2-6H2,1H3,(H,11,16)(H,12,13,14). The van der Waals surface area contributed by atoms with Gasteiger partial charge in [0.2, 0.25) is 5.82 Å². The van der Waals surface area contributed by atoms with Crippen LogP contribution >= 0.6 is 0 Å². The number of rotatable bonds is 4. The lowest BCUT2D eigenvalue weighted by Crippen LogP contribution is -2.40. The van der Waals surface area contributed by atoms with Crippen molar-refractivity contribution in [3.8, 4) is 0 Å². The van der Waals surface area contributed by atoms with Crippen LogP contribution < -0.4 is 5.32 Å². The number of nitrogens with one attached hydrogen (secondary N) is 2. The highest BCUT2D eigenvalue weighted by Gasteiger charge is 2.23. The maximum atomic E-state index is 11.6. The third-order valence-electron chi connectivity index (χ3n) is 3.03. The second-order valence-corrected chi connectivity index (χ2v) is 3.97. The summed E-state index contributed by atoms with van der Waals surface area (Å²) in [5.41, 5.74) is 0. The summed E-state index contributed by atoms with van der Waals surface area (Å²) in [7, 11) is 0. The van der Waals surface area contributed by atoms with Crippen LogP contribution in [-0.2, 0) is 0 Å². The quantitative estimate of drug-likeness (QED) is 0.754. The van der Waals surface area contributed by atoms with E-state index in [2.05, 4.69) is 32.3 Å². The van der Waals surface area contributed by atoms with Gasteiger partial charge in [-0.2, -0.15) is 5.10 Å². The van der Waals surface area contributed by atoms with Crippen molar-refractivity contribution in [1.29, 1.82) is 0 Å². The summed E-state index contributed by atoms with van der Waals surface area (Å²) < 4.78 is 0. The van der Waals surface area contributed by atoms with Gasteiger partial charge in [0.15, 0.2) is 0 Å². The van der Waals surface area contributed by atoms with Crippen molar-refractivity contribution in [2.45, 2.75) is 25.8 Å². The molecule has 1 amide bonds. The van der Waals surface area contributed by atoms with E-state index in [0.29, 0.717) is 12.6 Å². The molecular formula is C10H17N5O. The third-order valence-corrected chi connectivity index (χ3v) is 3.03. The minimum absolute atomic E-state index is 0.180. The SMILES string of the molecule is CCN1CCCC1CNC(=O)c1ncn[nH]1. The van der Waals surface area contributed by atoms with Crippen LogP contribution in [0.2, 0.25) is 0 Å². The smallest absolute Gasteiger partial charge is 0.288 e. The van der Waals surface area contributed by atoms with E-state index >= 15 is 0 Å². The van der Waals surface area contributed by atoms with Crippen molar-refractivity contribution in [3.63, 3.8) is 0 Å². The molecule has 88 valence electrons. The van der Waals surface area contributed by atoms with E-state index in [4.69, 9.17) is 0 Å². The van der Waals surface area contributed by atoms with Gasteiger partial charge in [-0.05, 0) is 25.9 Å². The van der Waals surface area contributed by atoms with E-state index in [1.807, 2.05) is 0 Å². The Morgan fingerprint density at radius 3 is 3.31 bits per heavy atom. The Bertz CT molecular complexity index is 337. The number of carbonyl (C=O) groups excluding carboxylic acids is 1. The van der Waals surface area contributed by atoms with Crippen LogP contribution in [0.3, 0.4) is 0 Å². The molecule has 1 aliphatic heterocycles. The second kappa shape index (κ2) is 5.07. The minimum Gasteiger partial charge on any atom is -0.348 e. The fraction of sp³-hybridized carbons (Fsp3) is 0.700. The molecule has 2 N–H and O–H groups in total. The molecule has 6 nitrogen and oxygen atoms in total. The van der Waals surface area contributed by atoms with Crippen LogP contribution in [-0.4, -0.2) is 51.7 Å². The van der Waals surface area contributed by atoms with Gasteiger partial charge >= 0.3 is 0 Å². The molecule has 0 spiro atoms. The van der Waals surface area contributed by atoms with Crippen molar-refractivity contribution in [3.05, 3.63) is 12.2 Å². The number of aromatic amines is 1. The number of hydrogen-bond donors (Lipinski definition) is 2. The Hall–Kier alpha value is -1.43. The number of amides is 1. The zero-order chi connectivity index (χ0) is 11.4. The number of nitrogens with zero attached hydrogens (tertiary/aromatic N) is 3. The largest absolute Gasteiger partial charge is 0.348 e. The van der Waals surface area contributed by atoms with Crippen LogP contribution in [0.5, 0.6) is 0 Å². The van der Waals surface area contributed by atoms with E-state index in [1.165, 1.54) is 12.7 Å². The van der Waals surface area contributed by atoms with Crippen LogP contribution in [0, 0.1) is 0 Å². The molecule has 2 heterocycles. The van der Waals surface area contributed by atoms with Crippen molar-refractivity contribution in [1.82, 2.24) is 25.4 Å². The summed E-state index contributed by atoms with van der Waals surface area (Å²) in [5, 5.41) is 9.07. The summed E-state index contributed by atoms with van der Waals surface area (Å²) in [5.74, 6) is 0.0986. The monoisotopic (exact) mass is 223 g/mol. The lowest BCUT2D eigenvalue weighted by Gasteiger charge is -2.22. The zero-order valence-corrected chi connectivity index (χ0v) is 9.44. The number of H-pyrrole nitrogens is 1. The first-order valence-corrected chi connectivity index (χ1v) is 5.69. The van der Waals surface area contributed by atoms with Crippen LogP contribution in [0.1, 0.15) is 30.4 Å². The van der Waals surface area contributed by atoms with Gasteiger partial charge in [-0.3, -0.25) is 14.8 Å². The lowest BCUT2D eigenvalue weighted by molar-refractivity contribution is 0.0931. The first-order valence-electron chi connectivity index (χ1n) is 5.69. The molecule has 16 heavy (non-hydrogen) atoms. The molecule has 1 saturated heterocycles. The van der Waals surface area contributed by atoms with Crippen LogP contribution in [0.15, 0.2) is 6.33 Å². The molecule has 2 rings (SSSR count). The van der Waals surface area contributed by atoms with E-state index in [1.54, 1.807) is 0 Å². The Kier molecular flexibility index (Phi) is 3.51. The Morgan fingerprint density at radius 1 is 1.75 bits per heavy atom. The second-order valence-electron chi connectivity index (χ2n) is 3.97. The Balaban J connectivity index is 1.81. The van der Waals surface area contributed by atoms with Gasteiger partial charge in [0.25, 0.3) is 5.91 Å². The van der Waals surface area contributed by atoms with Crippen LogP contribution in [0.25, 0.3) is 0 Å². The van der Waals surface area contributed by atoms with Gasteiger partial charge in [0.05, 0.1) is 0 Å². The molecule has 1 atom stereocenters. The topological polar surface area (TPSA) is 73.9 Å². The maximum Gasteiger partial charge on any atom is 0.288 e. The molecule has 0 bridgehead atoms. The average molecular weight is 223 g/mol. The summed E-state index contributed by atoms with van der Waals surface area (Å²) in [6.45, 7) is 5.02. The molecule has 1 aliphatic rings. The summed E-state index contributed by atoms with van der Waals surface area (Å²) >= 11 is 0. The van der Waals surface area contributed by atoms with E-state index in [0.717, 1.165) is 19.5 Å². The number of likely N-dealkylation sites (tertiary alicyclic amines) is 1. The number of hydrogen-bond acceptors (Lipinski definition) is 4. The van der Waals surface area contributed by atoms with Gasteiger partial charge in [-0.25, -0.2) is 4.98 Å². The maximum absolute atomic E-state index is 11.6. The van der Waals surface area contributed by atoms with Crippen molar-refractivity contribution >= 4 is 5.91 Å². The van der Waals surface area contributed by atoms with Gasteiger partial charge in [0, 0.05) is 12.6 Å². The third kappa shape index (κ3) is 2.38. The zero-order valence-electron chi connectivity index (χ0n) is 9.44. The number of likely N-dealkylation sites (N-methyl/N-ethyl adjacent to an activating group) is 1. The van der Waals surface area contributed by atoms with Crippen molar-refractivity contribution in [2.24, 2.45) is 0 Å².